The highest BCUT2D eigenvalue weighted by atomic mass is 14.9. The molecule has 0 bridgehead atoms. The van der Waals surface area contributed by atoms with Gasteiger partial charge in [-0.15, -0.1) is 0 Å². The van der Waals surface area contributed by atoms with E-state index in [9.17, 15) is 0 Å². The van der Waals surface area contributed by atoms with Gasteiger partial charge in [0.25, 0.3) is 0 Å². The predicted molar refractivity (Wildman–Crippen MR) is 107 cm³/mol. The van der Waals surface area contributed by atoms with Crippen molar-refractivity contribution in [2.45, 2.75) is 39.0 Å². The number of rotatable bonds is 8. The Morgan fingerprint density at radius 1 is 0.708 bits per heavy atom. The third-order valence-electron chi connectivity index (χ3n) is 4.60. The number of hydrogen-bond donors (Lipinski definition) is 1. The highest BCUT2D eigenvalue weighted by Crippen LogP contribution is 2.34. The smallest absolute Gasteiger partial charge is 0.0499 e. The first kappa shape index (κ1) is 16.6. The summed E-state index contributed by atoms with van der Waals surface area (Å²) < 4.78 is 0. The number of hydrogen-bond acceptors (Lipinski definition) is 1. The lowest BCUT2D eigenvalue weighted by molar-refractivity contribution is 0.645. The van der Waals surface area contributed by atoms with E-state index in [0.29, 0.717) is 0 Å². The molecule has 0 aliphatic rings. The molecular weight excluding hydrogens is 290 g/mol. The lowest BCUT2D eigenvalue weighted by atomic mass is 9.98. The van der Waals surface area contributed by atoms with E-state index >= 15 is 0 Å². The molecule has 0 saturated carbocycles. The summed E-state index contributed by atoms with van der Waals surface area (Å²) >= 11 is 0. The van der Waals surface area contributed by atoms with Gasteiger partial charge in [-0.05, 0) is 17.4 Å². The second-order valence-corrected chi connectivity index (χ2v) is 6.42. The topological polar surface area (TPSA) is 12.0 Å². The van der Waals surface area contributed by atoms with Crippen LogP contribution in [0, 0.1) is 0 Å². The van der Waals surface area contributed by atoms with Gasteiger partial charge >= 0.3 is 0 Å². The van der Waals surface area contributed by atoms with Gasteiger partial charge in [-0.3, -0.25) is 0 Å². The van der Waals surface area contributed by atoms with Crippen LogP contribution in [0.1, 0.15) is 39.0 Å². The second-order valence-electron chi connectivity index (χ2n) is 6.42. The van der Waals surface area contributed by atoms with Crippen molar-refractivity contribution in [3.8, 4) is 11.1 Å². The minimum atomic E-state index is 1.04. The van der Waals surface area contributed by atoms with Crippen LogP contribution in [0.2, 0.25) is 0 Å². The maximum absolute atomic E-state index is 3.73. The number of unbranched alkanes of at least 4 members (excludes halogenated alkanes) is 4. The van der Waals surface area contributed by atoms with Crippen LogP contribution in [-0.4, -0.2) is 6.54 Å². The van der Waals surface area contributed by atoms with Crippen molar-refractivity contribution in [3.63, 3.8) is 0 Å². The Kier molecular flexibility index (Phi) is 5.90. The summed E-state index contributed by atoms with van der Waals surface area (Å²) in [5, 5.41) is 6.34. The Hall–Kier alpha value is -2.28. The fourth-order valence-electron chi connectivity index (χ4n) is 3.26. The quantitative estimate of drug-likeness (QED) is 0.446. The van der Waals surface area contributed by atoms with Gasteiger partial charge in [-0.25, -0.2) is 0 Å². The highest BCUT2D eigenvalue weighted by molar-refractivity contribution is 6.01. The molecule has 24 heavy (non-hydrogen) atoms. The monoisotopic (exact) mass is 317 g/mol. The SMILES string of the molecule is CCCCCCCNc1c(-c2ccccc2)ccc2ccccc12. The molecular formula is C23H27N. The normalized spacial score (nSPS) is 10.9. The van der Waals surface area contributed by atoms with Crippen LogP contribution in [0.15, 0.2) is 66.7 Å². The lowest BCUT2D eigenvalue weighted by Gasteiger charge is -2.16. The average molecular weight is 317 g/mol. The van der Waals surface area contributed by atoms with E-state index in [-0.39, 0.29) is 0 Å². The van der Waals surface area contributed by atoms with Crippen molar-refractivity contribution in [2.75, 3.05) is 11.9 Å². The van der Waals surface area contributed by atoms with Crippen LogP contribution >= 0.6 is 0 Å². The van der Waals surface area contributed by atoms with E-state index in [4.69, 9.17) is 0 Å². The van der Waals surface area contributed by atoms with Crippen molar-refractivity contribution in [3.05, 3.63) is 66.7 Å². The summed E-state index contributed by atoms with van der Waals surface area (Å²) in [5.74, 6) is 0. The standard InChI is InChI=1S/C23H27N/c1-2-3-4-5-11-18-24-23-21-15-10-9-14-20(21)16-17-22(23)19-12-7-6-8-13-19/h6-10,12-17,24H,2-5,11,18H2,1H3. The van der Waals surface area contributed by atoms with Gasteiger partial charge in [0.1, 0.15) is 0 Å². The Morgan fingerprint density at radius 2 is 1.46 bits per heavy atom. The zero-order valence-corrected chi connectivity index (χ0v) is 14.6. The van der Waals surface area contributed by atoms with Crippen molar-refractivity contribution < 1.29 is 0 Å². The van der Waals surface area contributed by atoms with E-state index in [1.165, 1.54) is 59.7 Å². The third kappa shape index (κ3) is 3.97. The summed E-state index contributed by atoms with van der Waals surface area (Å²) in [6, 6.07) is 23.8. The van der Waals surface area contributed by atoms with E-state index < -0.39 is 0 Å². The maximum atomic E-state index is 3.73. The highest BCUT2D eigenvalue weighted by Gasteiger charge is 2.08. The van der Waals surface area contributed by atoms with Gasteiger partial charge < -0.3 is 5.32 Å². The van der Waals surface area contributed by atoms with Crippen molar-refractivity contribution in [1.29, 1.82) is 0 Å². The fourth-order valence-corrected chi connectivity index (χ4v) is 3.26. The van der Waals surface area contributed by atoms with E-state index in [0.717, 1.165) is 6.54 Å². The van der Waals surface area contributed by atoms with Crippen LogP contribution in [0.5, 0.6) is 0 Å². The van der Waals surface area contributed by atoms with Crippen molar-refractivity contribution >= 4 is 16.5 Å². The molecule has 1 N–H and O–H groups in total. The zero-order valence-electron chi connectivity index (χ0n) is 14.6. The molecule has 0 atom stereocenters. The molecule has 0 aromatic heterocycles. The second kappa shape index (κ2) is 8.54. The van der Waals surface area contributed by atoms with Crippen molar-refractivity contribution in [2.24, 2.45) is 0 Å². The number of benzene rings is 3. The fraction of sp³-hybridized carbons (Fsp3) is 0.304. The van der Waals surface area contributed by atoms with Gasteiger partial charge in [0.2, 0.25) is 0 Å². The van der Waals surface area contributed by atoms with Crippen LogP contribution in [0.4, 0.5) is 5.69 Å². The molecule has 0 aliphatic heterocycles. The Morgan fingerprint density at radius 3 is 2.29 bits per heavy atom. The molecule has 0 unspecified atom stereocenters. The molecule has 0 heterocycles. The predicted octanol–water partition coefficient (Wildman–Crippen LogP) is 6.89. The molecule has 0 saturated heterocycles. The minimum absolute atomic E-state index is 1.04. The Balaban J connectivity index is 1.85. The molecule has 3 aromatic carbocycles. The van der Waals surface area contributed by atoms with Crippen LogP contribution in [0.25, 0.3) is 21.9 Å². The van der Waals surface area contributed by atoms with Gasteiger partial charge in [-0.1, -0.05) is 99.3 Å². The third-order valence-corrected chi connectivity index (χ3v) is 4.60. The largest absolute Gasteiger partial charge is 0.384 e. The van der Waals surface area contributed by atoms with E-state index in [2.05, 4.69) is 79.0 Å². The zero-order chi connectivity index (χ0) is 16.6. The summed E-state index contributed by atoms with van der Waals surface area (Å²) in [5.41, 5.74) is 3.84. The van der Waals surface area contributed by atoms with Crippen LogP contribution in [-0.2, 0) is 0 Å². The minimum Gasteiger partial charge on any atom is -0.384 e. The summed E-state index contributed by atoms with van der Waals surface area (Å²) in [6.07, 6.45) is 6.54. The molecule has 0 radical (unpaired) electrons. The van der Waals surface area contributed by atoms with Crippen LogP contribution < -0.4 is 5.32 Å². The molecule has 3 aromatic rings. The molecule has 0 aliphatic carbocycles. The Bertz CT molecular complexity index is 761. The molecule has 0 spiro atoms. The summed E-state index contributed by atoms with van der Waals surface area (Å²) in [7, 11) is 0. The van der Waals surface area contributed by atoms with Gasteiger partial charge in [0.15, 0.2) is 0 Å². The molecule has 0 amide bonds. The first-order chi connectivity index (χ1) is 11.9. The first-order valence-corrected chi connectivity index (χ1v) is 9.21. The Labute approximate surface area is 145 Å². The lowest BCUT2D eigenvalue weighted by Crippen LogP contribution is -2.03. The number of fused-ring (bicyclic) bond motifs is 1. The first-order valence-electron chi connectivity index (χ1n) is 9.21. The molecule has 1 heteroatoms. The van der Waals surface area contributed by atoms with E-state index in [1.54, 1.807) is 0 Å². The average Bonchev–Trinajstić information content (AvgIpc) is 2.65. The number of anilines is 1. The summed E-state index contributed by atoms with van der Waals surface area (Å²) in [4.78, 5) is 0. The number of nitrogens with one attached hydrogen (secondary N) is 1. The molecule has 3 rings (SSSR count). The molecule has 0 fully saturated rings. The molecule has 124 valence electrons. The van der Waals surface area contributed by atoms with Gasteiger partial charge in [0.05, 0.1) is 0 Å². The molecule has 1 nitrogen and oxygen atoms in total. The van der Waals surface area contributed by atoms with Crippen molar-refractivity contribution in [1.82, 2.24) is 0 Å². The van der Waals surface area contributed by atoms with E-state index in [1.807, 2.05) is 0 Å². The van der Waals surface area contributed by atoms with Gasteiger partial charge in [0, 0.05) is 23.2 Å². The van der Waals surface area contributed by atoms with Gasteiger partial charge in [-0.2, -0.15) is 0 Å². The maximum Gasteiger partial charge on any atom is 0.0499 e. The summed E-state index contributed by atoms with van der Waals surface area (Å²) in [6.45, 7) is 3.30. The van der Waals surface area contributed by atoms with Crippen LogP contribution in [0.3, 0.4) is 0 Å².